The zero-order chi connectivity index (χ0) is 7.86. The van der Waals surface area contributed by atoms with Crippen molar-refractivity contribution in [2.24, 2.45) is 0 Å². The van der Waals surface area contributed by atoms with Crippen molar-refractivity contribution < 1.29 is 14.3 Å². The normalized spacial score (nSPS) is 7.33. The molecule has 0 aliphatic rings. The Morgan fingerprint density at radius 1 is 1.78 bits per heavy atom. The highest BCUT2D eigenvalue weighted by Crippen LogP contribution is 1.81. The summed E-state index contributed by atoms with van der Waals surface area (Å²) in [5.74, 6) is -0.935. The minimum Gasteiger partial charge on any atom is -0.478 e. The van der Waals surface area contributed by atoms with E-state index in [4.69, 9.17) is 5.11 Å². The Labute approximate surface area is 57.9 Å². The van der Waals surface area contributed by atoms with Gasteiger partial charge in [0.05, 0.1) is 0 Å². The Kier molecular flexibility index (Phi) is 9.21. The first kappa shape index (κ1) is 11.2. The minimum atomic E-state index is -0.935. The molecular formula is C5H12O3Si. The molecule has 0 unspecified atom stereocenters. The lowest BCUT2D eigenvalue weighted by molar-refractivity contribution is -0.132. The first-order chi connectivity index (χ1) is 4.06. The summed E-state index contributed by atoms with van der Waals surface area (Å²) in [6.45, 7) is 4.60. The van der Waals surface area contributed by atoms with Crippen LogP contribution in [-0.2, 0) is 9.22 Å². The number of aliphatic carboxylic acids is 1. The van der Waals surface area contributed by atoms with Crippen molar-refractivity contribution in [3.8, 4) is 0 Å². The van der Waals surface area contributed by atoms with Gasteiger partial charge >= 0.3 is 5.97 Å². The smallest absolute Gasteiger partial charge is 0.330 e. The highest BCUT2D eigenvalue weighted by atomic mass is 28.2. The molecule has 54 valence electrons. The lowest BCUT2D eigenvalue weighted by atomic mass is 10.4. The maximum Gasteiger partial charge on any atom is 0.330 e. The standard InChI is InChI=1S/C4H6O2.CH6OSi/c1-3(2)4(5)6;1-2-3/h1H2,2H3,(H,5,6);1,3H3. The van der Waals surface area contributed by atoms with Gasteiger partial charge in [0.25, 0.3) is 0 Å². The van der Waals surface area contributed by atoms with Gasteiger partial charge in [-0.2, -0.15) is 0 Å². The Bertz CT molecular complexity index is 88.4. The first-order valence-electron chi connectivity index (χ1n) is 2.35. The molecule has 0 amide bonds. The summed E-state index contributed by atoms with van der Waals surface area (Å²) in [6.07, 6.45) is 0. The van der Waals surface area contributed by atoms with Gasteiger partial charge in [-0.25, -0.2) is 4.79 Å². The van der Waals surface area contributed by atoms with Gasteiger partial charge in [-0.05, 0) is 6.92 Å². The molecule has 0 bridgehead atoms. The third kappa shape index (κ3) is 18.7. The molecule has 0 aromatic heterocycles. The van der Waals surface area contributed by atoms with Crippen molar-refractivity contribution in [2.45, 2.75) is 6.92 Å². The molecule has 0 spiro atoms. The fraction of sp³-hybridized carbons (Fsp3) is 0.400. The van der Waals surface area contributed by atoms with Gasteiger partial charge in [0.15, 0.2) is 0 Å². The second-order valence-corrected chi connectivity index (χ2v) is 2.31. The summed E-state index contributed by atoms with van der Waals surface area (Å²) in [5.41, 5.74) is 0.176. The Morgan fingerprint density at radius 3 is 1.89 bits per heavy atom. The molecule has 9 heavy (non-hydrogen) atoms. The first-order valence-corrected chi connectivity index (χ1v) is 3.16. The van der Waals surface area contributed by atoms with Crippen molar-refractivity contribution in [2.75, 3.05) is 7.11 Å². The third-order valence-corrected chi connectivity index (χ3v) is 0.365. The van der Waals surface area contributed by atoms with Gasteiger partial charge in [0.1, 0.15) is 10.5 Å². The van der Waals surface area contributed by atoms with Crippen molar-refractivity contribution in [3.63, 3.8) is 0 Å². The second-order valence-electron chi connectivity index (χ2n) is 1.49. The van der Waals surface area contributed by atoms with Crippen LogP contribution < -0.4 is 0 Å². The fourth-order valence-corrected chi connectivity index (χ4v) is 0. The van der Waals surface area contributed by atoms with Crippen LogP contribution in [0.3, 0.4) is 0 Å². The molecule has 0 fully saturated rings. The zero-order valence-electron chi connectivity index (χ0n) is 5.97. The van der Waals surface area contributed by atoms with E-state index in [1.807, 2.05) is 0 Å². The Balaban J connectivity index is 0. The van der Waals surface area contributed by atoms with E-state index in [0.717, 1.165) is 10.5 Å². The molecule has 0 rings (SSSR count). The van der Waals surface area contributed by atoms with Gasteiger partial charge in [0, 0.05) is 12.7 Å². The maximum atomic E-state index is 9.60. The van der Waals surface area contributed by atoms with Crippen LogP contribution in [0.25, 0.3) is 0 Å². The summed E-state index contributed by atoms with van der Waals surface area (Å²) >= 11 is 0. The molecule has 0 aliphatic heterocycles. The van der Waals surface area contributed by atoms with E-state index in [-0.39, 0.29) is 5.57 Å². The van der Waals surface area contributed by atoms with E-state index >= 15 is 0 Å². The third-order valence-electron chi connectivity index (χ3n) is 0.365. The average Bonchev–Trinajstić information content (AvgIpc) is 1.68. The summed E-state index contributed by atoms with van der Waals surface area (Å²) in [7, 11) is 2.56. The van der Waals surface area contributed by atoms with Crippen molar-refractivity contribution in [1.29, 1.82) is 0 Å². The van der Waals surface area contributed by atoms with Crippen molar-refractivity contribution in [3.05, 3.63) is 12.2 Å². The molecule has 0 atom stereocenters. The summed E-state index contributed by atoms with van der Waals surface area (Å²) in [6, 6.07) is 0. The maximum absolute atomic E-state index is 9.60. The summed E-state index contributed by atoms with van der Waals surface area (Å²) in [4.78, 5) is 9.60. The topological polar surface area (TPSA) is 46.5 Å². The highest BCUT2D eigenvalue weighted by molar-refractivity contribution is 5.97. The van der Waals surface area contributed by atoms with E-state index in [9.17, 15) is 4.79 Å². The van der Waals surface area contributed by atoms with E-state index in [1.165, 1.54) is 6.92 Å². The van der Waals surface area contributed by atoms with Gasteiger partial charge in [-0.1, -0.05) is 6.58 Å². The van der Waals surface area contributed by atoms with Crippen LogP contribution in [0.2, 0.25) is 0 Å². The van der Waals surface area contributed by atoms with Crippen molar-refractivity contribution in [1.82, 2.24) is 0 Å². The molecule has 0 aromatic carbocycles. The molecule has 0 saturated carbocycles. The van der Waals surface area contributed by atoms with Crippen LogP contribution in [-0.4, -0.2) is 28.7 Å². The van der Waals surface area contributed by atoms with Gasteiger partial charge in [-0.15, -0.1) is 0 Å². The number of rotatable bonds is 1. The Hall–Kier alpha value is -0.613. The van der Waals surface area contributed by atoms with E-state index in [2.05, 4.69) is 11.0 Å². The number of hydrogen-bond donors (Lipinski definition) is 1. The van der Waals surface area contributed by atoms with Crippen LogP contribution >= 0.6 is 0 Å². The van der Waals surface area contributed by atoms with E-state index in [1.54, 1.807) is 7.11 Å². The van der Waals surface area contributed by atoms with Gasteiger partial charge in [-0.3, -0.25) is 0 Å². The van der Waals surface area contributed by atoms with Crippen LogP contribution in [0.1, 0.15) is 6.92 Å². The molecule has 0 heterocycles. The van der Waals surface area contributed by atoms with Crippen LogP contribution in [0.4, 0.5) is 0 Å². The molecule has 0 aliphatic carbocycles. The largest absolute Gasteiger partial charge is 0.478 e. The van der Waals surface area contributed by atoms with E-state index < -0.39 is 5.97 Å². The van der Waals surface area contributed by atoms with Crippen LogP contribution in [0.15, 0.2) is 12.2 Å². The zero-order valence-corrected chi connectivity index (χ0v) is 7.97. The Morgan fingerprint density at radius 2 is 1.89 bits per heavy atom. The fourth-order valence-electron chi connectivity index (χ4n) is 0. The summed E-state index contributed by atoms with van der Waals surface area (Å²) in [5, 5.41) is 7.89. The number of carboxylic acids is 1. The van der Waals surface area contributed by atoms with Crippen LogP contribution in [0, 0.1) is 0 Å². The molecular weight excluding hydrogens is 136 g/mol. The lowest BCUT2D eigenvalue weighted by Crippen LogP contribution is -1.92. The lowest BCUT2D eigenvalue weighted by Gasteiger charge is -1.79. The predicted octanol–water partition coefficient (Wildman–Crippen LogP) is -0.440. The monoisotopic (exact) mass is 148 g/mol. The van der Waals surface area contributed by atoms with Gasteiger partial charge in [0.2, 0.25) is 0 Å². The molecule has 0 aromatic rings. The van der Waals surface area contributed by atoms with Crippen molar-refractivity contribution >= 4 is 16.5 Å². The second kappa shape index (κ2) is 7.39. The number of hydrogen-bond acceptors (Lipinski definition) is 2. The van der Waals surface area contributed by atoms with E-state index in [0.29, 0.717) is 0 Å². The SMILES string of the molecule is C=C(C)C(=O)O.CO[SiH3]. The van der Waals surface area contributed by atoms with Crippen LogP contribution in [0.5, 0.6) is 0 Å². The predicted molar refractivity (Wildman–Crippen MR) is 39.4 cm³/mol. The molecule has 1 N–H and O–H groups in total. The molecule has 3 nitrogen and oxygen atoms in total. The van der Waals surface area contributed by atoms with Gasteiger partial charge < -0.3 is 9.53 Å². The molecule has 4 heteroatoms. The highest BCUT2D eigenvalue weighted by Gasteiger charge is 1.90. The molecule has 0 radical (unpaired) electrons. The average molecular weight is 148 g/mol. The number of carbonyl (C=O) groups is 1. The number of carboxylic acid groups (broad SMARTS) is 1. The molecule has 0 saturated heterocycles. The quantitative estimate of drug-likeness (QED) is 0.405. The summed E-state index contributed by atoms with van der Waals surface area (Å²) < 4.78 is 4.39. The minimum absolute atomic E-state index is 0.176.